The largest absolute Gasteiger partial charge is 0.306 e. The Balaban J connectivity index is 2.03. The Kier molecular flexibility index (Phi) is 4.32. The van der Waals surface area contributed by atoms with Gasteiger partial charge in [-0.25, -0.2) is 0 Å². The molecule has 0 aliphatic heterocycles. The number of hydrogen-bond donors (Lipinski definition) is 1. The number of rotatable bonds is 5. The topological polar surface area (TPSA) is 24.9 Å². The quantitative estimate of drug-likeness (QED) is 0.738. The van der Waals surface area contributed by atoms with Crippen LogP contribution in [0.2, 0.25) is 0 Å². The zero-order valence-electron chi connectivity index (χ0n) is 12.5. The smallest absolute Gasteiger partial charge is 0.0702 e. The Bertz CT molecular complexity index is 733. The van der Waals surface area contributed by atoms with Crippen molar-refractivity contribution >= 4 is 22.2 Å². The monoisotopic (exact) mass is 296 g/mol. The lowest BCUT2D eigenvalue weighted by molar-refractivity contribution is 0.603. The molecule has 2 nitrogen and oxygen atoms in total. The van der Waals surface area contributed by atoms with Gasteiger partial charge in [-0.3, -0.25) is 4.98 Å². The van der Waals surface area contributed by atoms with Crippen molar-refractivity contribution in [3.63, 3.8) is 0 Å². The van der Waals surface area contributed by atoms with Crippen LogP contribution >= 0.6 is 11.3 Å². The summed E-state index contributed by atoms with van der Waals surface area (Å²) in [7, 11) is 0. The number of hydrogen-bond acceptors (Lipinski definition) is 3. The molecule has 2 aromatic heterocycles. The summed E-state index contributed by atoms with van der Waals surface area (Å²) >= 11 is 1.82. The van der Waals surface area contributed by atoms with Crippen LogP contribution in [0.1, 0.15) is 35.4 Å². The molecule has 0 saturated carbocycles. The molecule has 3 rings (SSSR count). The number of benzene rings is 1. The van der Waals surface area contributed by atoms with Gasteiger partial charge < -0.3 is 5.32 Å². The number of nitrogens with zero attached hydrogens (tertiary/aromatic N) is 1. The Morgan fingerprint density at radius 1 is 1.24 bits per heavy atom. The van der Waals surface area contributed by atoms with Crippen LogP contribution < -0.4 is 5.32 Å². The first-order valence-corrected chi connectivity index (χ1v) is 8.29. The maximum Gasteiger partial charge on any atom is 0.0702 e. The molecule has 0 fully saturated rings. The maximum absolute atomic E-state index is 4.61. The van der Waals surface area contributed by atoms with Gasteiger partial charge in [-0.1, -0.05) is 25.1 Å². The lowest BCUT2D eigenvalue weighted by Gasteiger charge is -2.19. The van der Waals surface area contributed by atoms with Gasteiger partial charge in [0.25, 0.3) is 0 Å². The van der Waals surface area contributed by atoms with Crippen molar-refractivity contribution in [1.29, 1.82) is 0 Å². The molecule has 2 heterocycles. The molecule has 21 heavy (non-hydrogen) atoms. The van der Waals surface area contributed by atoms with Crippen LogP contribution in [-0.4, -0.2) is 11.5 Å². The summed E-state index contributed by atoms with van der Waals surface area (Å²) in [6, 6.07) is 13.0. The molecule has 1 N–H and O–H groups in total. The van der Waals surface area contributed by atoms with Gasteiger partial charge in [-0.05, 0) is 54.6 Å². The molecule has 0 radical (unpaired) electrons. The minimum Gasteiger partial charge on any atom is -0.306 e. The van der Waals surface area contributed by atoms with Crippen LogP contribution in [0.15, 0.2) is 48.0 Å². The van der Waals surface area contributed by atoms with E-state index in [4.69, 9.17) is 0 Å². The second-order valence-electron chi connectivity index (χ2n) is 5.32. The van der Waals surface area contributed by atoms with E-state index in [0.29, 0.717) is 0 Å². The Morgan fingerprint density at radius 3 is 2.86 bits per heavy atom. The summed E-state index contributed by atoms with van der Waals surface area (Å²) in [5.74, 6) is 0. The predicted molar refractivity (Wildman–Crippen MR) is 90.9 cm³/mol. The average Bonchev–Trinajstić information content (AvgIpc) is 2.94. The highest BCUT2D eigenvalue weighted by Gasteiger charge is 2.17. The van der Waals surface area contributed by atoms with Gasteiger partial charge >= 0.3 is 0 Å². The van der Waals surface area contributed by atoms with E-state index in [1.807, 2.05) is 23.6 Å². The van der Waals surface area contributed by atoms with E-state index in [1.54, 1.807) is 0 Å². The van der Waals surface area contributed by atoms with Crippen molar-refractivity contribution in [3.05, 3.63) is 64.0 Å². The highest BCUT2D eigenvalue weighted by molar-refractivity contribution is 7.10. The third-order valence-corrected chi connectivity index (χ3v) is 4.79. The fourth-order valence-corrected chi connectivity index (χ4v) is 3.60. The number of thiophene rings is 1. The second kappa shape index (κ2) is 6.37. The number of para-hydroxylation sites is 1. The van der Waals surface area contributed by atoms with Gasteiger partial charge in [0.15, 0.2) is 0 Å². The highest BCUT2D eigenvalue weighted by atomic mass is 32.1. The summed E-state index contributed by atoms with van der Waals surface area (Å²) in [6.45, 7) is 5.39. The van der Waals surface area contributed by atoms with Gasteiger partial charge in [0, 0.05) is 16.5 Å². The zero-order valence-corrected chi connectivity index (χ0v) is 13.3. The lowest BCUT2D eigenvalue weighted by Crippen LogP contribution is -2.23. The molecule has 0 bridgehead atoms. The molecule has 0 saturated heterocycles. The molecule has 3 heteroatoms. The van der Waals surface area contributed by atoms with Gasteiger partial charge in [0.1, 0.15) is 0 Å². The Hall–Kier alpha value is -1.71. The molecular weight excluding hydrogens is 276 g/mol. The predicted octanol–water partition coefficient (Wildman–Crippen LogP) is 4.69. The van der Waals surface area contributed by atoms with E-state index in [1.165, 1.54) is 21.4 Å². The summed E-state index contributed by atoms with van der Waals surface area (Å²) in [5.41, 5.74) is 3.65. The number of nitrogens with one attached hydrogen (secondary N) is 1. The van der Waals surface area contributed by atoms with Crippen molar-refractivity contribution in [1.82, 2.24) is 10.3 Å². The zero-order chi connectivity index (χ0) is 14.7. The van der Waals surface area contributed by atoms with Crippen LogP contribution in [0.4, 0.5) is 0 Å². The van der Waals surface area contributed by atoms with Crippen LogP contribution in [0.3, 0.4) is 0 Å². The molecule has 0 aliphatic rings. The third-order valence-electron chi connectivity index (χ3n) is 3.71. The third kappa shape index (κ3) is 2.99. The molecule has 1 aromatic carbocycles. The number of aryl methyl sites for hydroxylation is 1. The first-order valence-electron chi connectivity index (χ1n) is 7.41. The summed E-state index contributed by atoms with van der Waals surface area (Å²) in [4.78, 5) is 6.00. The van der Waals surface area contributed by atoms with Crippen molar-refractivity contribution in [3.8, 4) is 0 Å². The fraction of sp³-hybridized carbons (Fsp3) is 0.278. The second-order valence-corrected chi connectivity index (χ2v) is 6.26. The summed E-state index contributed by atoms with van der Waals surface area (Å²) in [5, 5.41) is 7.03. The molecular formula is C18H20N2S. The van der Waals surface area contributed by atoms with Gasteiger partial charge in [0.05, 0.1) is 11.6 Å². The van der Waals surface area contributed by atoms with E-state index < -0.39 is 0 Å². The standard InChI is InChI=1S/C18H20N2S/c1-3-9-19-17(18-13(2)8-10-21-18)15-11-14-6-4-5-7-16(14)20-12-15/h4-8,10-12,17,19H,3,9H2,1-2H3. The fourth-order valence-electron chi connectivity index (χ4n) is 2.58. The van der Waals surface area contributed by atoms with Crippen molar-refractivity contribution in [2.24, 2.45) is 0 Å². The lowest BCUT2D eigenvalue weighted by atomic mass is 10.0. The van der Waals surface area contributed by atoms with Crippen LogP contribution in [-0.2, 0) is 0 Å². The van der Waals surface area contributed by atoms with E-state index in [9.17, 15) is 0 Å². The number of fused-ring (bicyclic) bond motifs is 1. The van der Waals surface area contributed by atoms with E-state index >= 15 is 0 Å². The first kappa shape index (κ1) is 14.2. The van der Waals surface area contributed by atoms with Crippen molar-refractivity contribution in [2.45, 2.75) is 26.3 Å². The van der Waals surface area contributed by atoms with Gasteiger partial charge in [0.2, 0.25) is 0 Å². The minimum absolute atomic E-state index is 0.238. The van der Waals surface area contributed by atoms with E-state index in [-0.39, 0.29) is 6.04 Å². The normalized spacial score (nSPS) is 12.7. The van der Waals surface area contributed by atoms with Crippen LogP contribution in [0, 0.1) is 6.92 Å². The SMILES string of the molecule is CCCNC(c1cnc2ccccc2c1)c1sccc1C. The van der Waals surface area contributed by atoms with Crippen molar-refractivity contribution < 1.29 is 0 Å². The average molecular weight is 296 g/mol. The minimum atomic E-state index is 0.238. The Morgan fingerprint density at radius 2 is 2.10 bits per heavy atom. The molecule has 108 valence electrons. The first-order chi connectivity index (χ1) is 10.3. The molecule has 0 aliphatic carbocycles. The Labute approximate surface area is 129 Å². The van der Waals surface area contributed by atoms with Crippen molar-refractivity contribution in [2.75, 3.05) is 6.54 Å². The molecule has 3 aromatic rings. The molecule has 1 atom stereocenters. The number of aromatic nitrogens is 1. The van der Waals surface area contributed by atoms with Crippen LogP contribution in [0.5, 0.6) is 0 Å². The van der Waals surface area contributed by atoms with E-state index in [2.05, 4.69) is 59.9 Å². The van der Waals surface area contributed by atoms with Crippen LogP contribution in [0.25, 0.3) is 10.9 Å². The summed E-state index contributed by atoms with van der Waals surface area (Å²) in [6.07, 6.45) is 3.14. The molecule has 0 amide bonds. The molecule has 0 spiro atoms. The van der Waals surface area contributed by atoms with Gasteiger partial charge in [-0.15, -0.1) is 11.3 Å². The van der Waals surface area contributed by atoms with Gasteiger partial charge in [-0.2, -0.15) is 0 Å². The summed E-state index contributed by atoms with van der Waals surface area (Å²) < 4.78 is 0. The van der Waals surface area contributed by atoms with E-state index in [0.717, 1.165) is 18.5 Å². The highest BCUT2D eigenvalue weighted by Crippen LogP contribution is 2.30. The maximum atomic E-state index is 4.61. The number of pyridine rings is 1. The molecule has 1 unspecified atom stereocenters.